The van der Waals surface area contributed by atoms with Gasteiger partial charge in [0.15, 0.2) is 5.78 Å². The predicted octanol–water partition coefficient (Wildman–Crippen LogP) is 1.25. The summed E-state index contributed by atoms with van der Waals surface area (Å²) in [5, 5.41) is 2.57. The molecule has 1 amide bonds. The Morgan fingerprint density at radius 2 is 2.00 bits per heavy atom. The Hall–Kier alpha value is -1.75. The first-order valence-corrected chi connectivity index (χ1v) is 6.59. The summed E-state index contributed by atoms with van der Waals surface area (Å²) in [6.45, 7) is 2.50. The van der Waals surface area contributed by atoms with E-state index in [0.29, 0.717) is 12.1 Å². The lowest BCUT2D eigenvalue weighted by Gasteiger charge is -2.19. The predicted molar refractivity (Wildman–Crippen MR) is 75.8 cm³/mol. The summed E-state index contributed by atoms with van der Waals surface area (Å²) in [7, 11) is 3.36. The van der Waals surface area contributed by atoms with Crippen LogP contribution in [0.15, 0.2) is 24.3 Å². The smallest absolute Gasteiger partial charge is 0.223 e. The average Bonchev–Trinajstić information content (AvgIpc) is 2.40. The summed E-state index contributed by atoms with van der Waals surface area (Å²) < 4.78 is 13.4. The van der Waals surface area contributed by atoms with E-state index in [-0.39, 0.29) is 36.4 Å². The van der Waals surface area contributed by atoms with E-state index >= 15 is 0 Å². The molecule has 1 rings (SSSR count). The SMILES string of the molecule is CNC(=O)C(C)CN(C)CC(=O)Cc1ccccc1F. The van der Waals surface area contributed by atoms with Gasteiger partial charge in [-0.3, -0.25) is 14.5 Å². The van der Waals surface area contributed by atoms with E-state index in [4.69, 9.17) is 0 Å². The van der Waals surface area contributed by atoms with E-state index in [9.17, 15) is 14.0 Å². The molecule has 0 heterocycles. The molecule has 5 heteroatoms. The molecule has 1 unspecified atom stereocenters. The zero-order chi connectivity index (χ0) is 15.1. The lowest BCUT2D eigenvalue weighted by molar-refractivity contribution is -0.125. The molecule has 0 aliphatic heterocycles. The molecule has 0 radical (unpaired) electrons. The Bertz CT molecular complexity index is 477. The van der Waals surface area contributed by atoms with Gasteiger partial charge in [-0.2, -0.15) is 0 Å². The van der Waals surface area contributed by atoms with E-state index in [1.54, 1.807) is 44.1 Å². The maximum Gasteiger partial charge on any atom is 0.223 e. The molecular weight excluding hydrogens is 259 g/mol. The van der Waals surface area contributed by atoms with Gasteiger partial charge in [-0.15, -0.1) is 0 Å². The minimum atomic E-state index is -0.359. The Kier molecular flexibility index (Phi) is 6.31. The third-order valence-corrected chi connectivity index (χ3v) is 3.07. The molecule has 110 valence electrons. The largest absolute Gasteiger partial charge is 0.359 e. The van der Waals surface area contributed by atoms with E-state index < -0.39 is 0 Å². The molecule has 0 spiro atoms. The number of likely N-dealkylation sites (N-methyl/N-ethyl adjacent to an activating group) is 1. The van der Waals surface area contributed by atoms with Gasteiger partial charge in [0.25, 0.3) is 0 Å². The number of carbonyl (C=O) groups is 2. The molecule has 20 heavy (non-hydrogen) atoms. The van der Waals surface area contributed by atoms with Crippen molar-refractivity contribution in [2.45, 2.75) is 13.3 Å². The topological polar surface area (TPSA) is 49.4 Å². The van der Waals surface area contributed by atoms with Gasteiger partial charge in [-0.25, -0.2) is 4.39 Å². The van der Waals surface area contributed by atoms with Gasteiger partial charge in [-0.05, 0) is 18.7 Å². The van der Waals surface area contributed by atoms with E-state index in [1.807, 2.05) is 0 Å². The van der Waals surface area contributed by atoms with Gasteiger partial charge in [0.1, 0.15) is 5.82 Å². The van der Waals surface area contributed by atoms with Crippen LogP contribution in [0.1, 0.15) is 12.5 Å². The zero-order valence-corrected chi connectivity index (χ0v) is 12.1. The number of Topliss-reactive ketones (excluding diaryl/α,β-unsaturated/α-hetero) is 1. The van der Waals surface area contributed by atoms with Crippen molar-refractivity contribution in [3.05, 3.63) is 35.6 Å². The van der Waals surface area contributed by atoms with Crippen LogP contribution in [0.25, 0.3) is 0 Å². The number of hydrogen-bond acceptors (Lipinski definition) is 3. The minimum Gasteiger partial charge on any atom is -0.359 e. The number of benzene rings is 1. The van der Waals surface area contributed by atoms with Crippen molar-refractivity contribution in [2.24, 2.45) is 5.92 Å². The van der Waals surface area contributed by atoms with Crippen LogP contribution in [-0.4, -0.2) is 43.8 Å². The van der Waals surface area contributed by atoms with Crippen LogP contribution < -0.4 is 5.32 Å². The zero-order valence-electron chi connectivity index (χ0n) is 12.1. The standard InChI is InChI=1S/C15H21FN2O2/c1-11(15(20)17-2)9-18(3)10-13(19)8-12-6-4-5-7-14(12)16/h4-7,11H,8-10H2,1-3H3,(H,17,20). The number of amides is 1. The lowest BCUT2D eigenvalue weighted by Crippen LogP contribution is -2.37. The maximum absolute atomic E-state index is 13.4. The van der Waals surface area contributed by atoms with Gasteiger partial charge >= 0.3 is 0 Å². The number of ketones is 1. The first kappa shape index (κ1) is 16.3. The molecule has 0 saturated carbocycles. The second-order valence-electron chi connectivity index (χ2n) is 5.02. The van der Waals surface area contributed by atoms with Crippen molar-refractivity contribution < 1.29 is 14.0 Å². The fourth-order valence-electron chi connectivity index (χ4n) is 2.07. The number of rotatable bonds is 7. The molecular formula is C15H21FN2O2. The Labute approximate surface area is 119 Å². The summed E-state index contributed by atoms with van der Waals surface area (Å²) in [4.78, 5) is 25.1. The van der Waals surface area contributed by atoms with Crippen molar-refractivity contribution in [1.29, 1.82) is 0 Å². The van der Waals surface area contributed by atoms with Crippen molar-refractivity contribution >= 4 is 11.7 Å². The van der Waals surface area contributed by atoms with Crippen molar-refractivity contribution in [2.75, 3.05) is 27.2 Å². The quantitative estimate of drug-likeness (QED) is 0.818. The number of hydrogen-bond donors (Lipinski definition) is 1. The molecule has 4 nitrogen and oxygen atoms in total. The van der Waals surface area contributed by atoms with Crippen LogP contribution in [0.2, 0.25) is 0 Å². The molecule has 0 saturated heterocycles. The molecule has 0 aliphatic rings. The van der Waals surface area contributed by atoms with Crippen LogP contribution >= 0.6 is 0 Å². The fraction of sp³-hybridized carbons (Fsp3) is 0.467. The van der Waals surface area contributed by atoms with Crippen LogP contribution in [0.4, 0.5) is 4.39 Å². The summed E-state index contributed by atoms with van der Waals surface area (Å²) in [6.07, 6.45) is 0.0748. The maximum atomic E-state index is 13.4. The van der Waals surface area contributed by atoms with Gasteiger partial charge in [-0.1, -0.05) is 25.1 Å². The second kappa shape index (κ2) is 7.75. The van der Waals surface area contributed by atoms with Crippen LogP contribution in [-0.2, 0) is 16.0 Å². The summed E-state index contributed by atoms with van der Waals surface area (Å²) in [6, 6.07) is 6.27. The molecule has 1 atom stereocenters. The molecule has 0 aromatic heterocycles. The Balaban J connectivity index is 2.46. The van der Waals surface area contributed by atoms with Gasteiger partial charge in [0.05, 0.1) is 6.54 Å². The summed E-state index contributed by atoms with van der Waals surface area (Å²) in [5.41, 5.74) is 0.408. The van der Waals surface area contributed by atoms with E-state index in [1.165, 1.54) is 6.07 Å². The highest BCUT2D eigenvalue weighted by Crippen LogP contribution is 2.08. The minimum absolute atomic E-state index is 0.0570. The highest BCUT2D eigenvalue weighted by atomic mass is 19.1. The molecule has 1 aromatic rings. The number of nitrogens with zero attached hydrogens (tertiary/aromatic N) is 1. The van der Waals surface area contributed by atoms with Crippen LogP contribution in [0, 0.1) is 11.7 Å². The van der Waals surface area contributed by atoms with E-state index in [2.05, 4.69) is 5.32 Å². The highest BCUT2D eigenvalue weighted by molar-refractivity contribution is 5.83. The average molecular weight is 280 g/mol. The first-order chi connectivity index (χ1) is 9.43. The normalized spacial score (nSPS) is 12.2. The molecule has 1 aromatic carbocycles. The summed E-state index contributed by atoms with van der Waals surface area (Å²) >= 11 is 0. The lowest BCUT2D eigenvalue weighted by atomic mass is 10.1. The number of halogens is 1. The van der Waals surface area contributed by atoms with Crippen molar-refractivity contribution in [3.8, 4) is 0 Å². The summed E-state index contributed by atoms with van der Waals surface area (Å²) in [5.74, 6) is -0.673. The second-order valence-corrected chi connectivity index (χ2v) is 5.02. The third-order valence-electron chi connectivity index (χ3n) is 3.07. The van der Waals surface area contributed by atoms with Crippen molar-refractivity contribution in [3.63, 3.8) is 0 Å². The first-order valence-electron chi connectivity index (χ1n) is 6.59. The van der Waals surface area contributed by atoms with Crippen molar-refractivity contribution in [1.82, 2.24) is 10.2 Å². The third kappa shape index (κ3) is 5.09. The Morgan fingerprint density at radius 3 is 2.60 bits per heavy atom. The van der Waals surface area contributed by atoms with E-state index in [0.717, 1.165) is 0 Å². The van der Waals surface area contributed by atoms with Gasteiger partial charge < -0.3 is 5.32 Å². The van der Waals surface area contributed by atoms with Crippen LogP contribution in [0.5, 0.6) is 0 Å². The molecule has 0 aliphatic carbocycles. The number of carbonyl (C=O) groups excluding carboxylic acids is 2. The highest BCUT2D eigenvalue weighted by Gasteiger charge is 2.16. The fourth-order valence-corrected chi connectivity index (χ4v) is 2.07. The number of nitrogens with one attached hydrogen (secondary N) is 1. The monoisotopic (exact) mass is 280 g/mol. The van der Waals surface area contributed by atoms with Gasteiger partial charge in [0, 0.05) is 25.9 Å². The Morgan fingerprint density at radius 1 is 1.35 bits per heavy atom. The molecule has 0 fully saturated rings. The van der Waals surface area contributed by atoms with Crippen LogP contribution in [0.3, 0.4) is 0 Å². The van der Waals surface area contributed by atoms with Gasteiger partial charge in [0.2, 0.25) is 5.91 Å². The molecule has 0 bridgehead atoms. The molecule has 1 N–H and O–H groups in total.